The van der Waals surface area contributed by atoms with Crippen molar-refractivity contribution in [1.82, 2.24) is 9.78 Å². The second-order valence-corrected chi connectivity index (χ2v) is 6.26. The third kappa shape index (κ3) is 4.95. The fourth-order valence-electron chi connectivity index (χ4n) is 2.73. The van der Waals surface area contributed by atoms with E-state index in [1.165, 1.54) is 0 Å². The van der Waals surface area contributed by atoms with Crippen molar-refractivity contribution >= 4 is 11.6 Å². The molecule has 0 radical (unpaired) electrons. The number of carbonyl (C=O) groups is 1. The van der Waals surface area contributed by atoms with Gasteiger partial charge in [0.05, 0.1) is 17.3 Å². The van der Waals surface area contributed by atoms with E-state index in [2.05, 4.69) is 16.5 Å². The Labute approximate surface area is 158 Å². The Hall–Kier alpha value is -3.59. The summed E-state index contributed by atoms with van der Waals surface area (Å²) in [6, 6.07) is 18.5. The van der Waals surface area contributed by atoms with Crippen LogP contribution in [0.3, 0.4) is 0 Å². The van der Waals surface area contributed by atoms with Crippen LogP contribution in [0.5, 0.6) is 5.75 Å². The van der Waals surface area contributed by atoms with Gasteiger partial charge in [0.1, 0.15) is 18.9 Å². The first-order valence-electron chi connectivity index (χ1n) is 8.56. The third-order valence-corrected chi connectivity index (χ3v) is 3.98. The molecule has 136 valence electrons. The summed E-state index contributed by atoms with van der Waals surface area (Å²) in [4.78, 5) is 12.3. The lowest BCUT2D eigenvalue weighted by atomic mass is 10.1. The molecule has 0 atom stereocenters. The Balaban J connectivity index is 1.60. The summed E-state index contributed by atoms with van der Waals surface area (Å²) in [6.45, 7) is 4.32. The molecule has 0 fully saturated rings. The Morgan fingerprint density at radius 2 is 2.00 bits per heavy atom. The van der Waals surface area contributed by atoms with Gasteiger partial charge in [0.2, 0.25) is 5.91 Å². The molecular formula is C21H20N4O2. The van der Waals surface area contributed by atoms with Crippen LogP contribution in [0.25, 0.3) is 0 Å². The first-order chi connectivity index (χ1) is 13.0. The molecule has 0 aliphatic heterocycles. The average molecular weight is 360 g/mol. The standard InChI is InChI=1S/C21H20N4O2/c1-15-9-16(2)25(24-15)13-21(26)23-19-7-4-8-20(11-19)27-14-18-6-3-5-17(10-18)12-22/h3-11H,13-14H2,1-2H3,(H,23,26). The van der Waals surface area contributed by atoms with Crippen LogP contribution in [-0.4, -0.2) is 15.7 Å². The highest BCUT2D eigenvalue weighted by Crippen LogP contribution is 2.19. The van der Waals surface area contributed by atoms with Crippen LogP contribution in [0.1, 0.15) is 22.5 Å². The molecule has 0 saturated heterocycles. The lowest BCUT2D eigenvalue weighted by Gasteiger charge is -2.10. The van der Waals surface area contributed by atoms with Crippen molar-refractivity contribution in [1.29, 1.82) is 5.26 Å². The summed E-state index contributed by atoms with van der Waals surface area (Å²) in [6.07, 6.45) is 0. The summed E-state index contributed by atoms with van der Waals surface area (Å²) in [5.41, 5.74) is 3.99. The molecule has 0 unspecified atom stereocenters. The molecule has 0 spiro atoms. The molecular weight excluding hydrogens is 340 g/mol. The topological polar surface area (TPSA) is 79.9 Å². The number of aryl methyl sites for hydroxylation is 2. The summed E-state index contributed by atoms with van der Waals surface area (Å²) >= 11 is 0. The molecule has 3 aromatic rings. The highest BCUT2D eigenvalue weighted by Gasteiger charge is 2.08. The van der Waals surface area contributed by atoms with Crippen molar-refractivity contribution in [3.05, 3.63) is 77.1 Å². The van der Waals surface area contributed by atoms with E-state index in [9.17, 15) is 4.79 Å². The molecule has 6 nitrogen and oxygen atoms in total. The molecule has 2 aromatic carbocycles. The van der Waals surface area contributed by atoms with E-state index >= 15 is 0 Å². The maximum absolute atomic E-state index is 12.3. The minimum Gasteiger partial charge on any atom is -0.489 e. The lowest BCUT2D eigenvalue weighted by molar-refractivity contribution is -0.116. The van der Waals surface area contributed by atoms with Gasteiger partial charge in [-0.15, -0.1) is 0 Å². The number of anilines is 1. The van der Waals surface area contributed by atoms with Gasteiger partial charge in [-0.3, -0.25) is 9.48 Å². The van der Waals surface area contributed by atoms with E-state index in [0.717, 1.165) is 17.0 Å². The Kier molecular flexibility index (Phi) is 5.53. The number of nitriles is 1. The maximum Gasteiger partial charge on any atom is 0.246 e. The minimum atomic E-state index is -0.153. The number of hydrogen-bond donors (Lipinski definition) is 1. The summed E-state index contributed by atoms with van der Waals surface area (Å²) in [5, 5.41) is 16.1. The molecule has 1 amide bonds. The van der Waals surface area contributed by atoms with Crippen LogP contribution in [0.2, 0.25) is 0 Å². The Morgan fingerprint density at radius 3 is 2.74 bits per heavy atom. The highest BCUT2D eigenvalue weighted by atomic mass is 16.5. The van der Waals surface area contributed by atoms with Gasteiger partial charge < -0.3 is 10.1 Å². The first kappa shape index (κ1) is 18.2. The SMILES string of the molecule is Cc1cc(C)n(CC(=O)Nc2cccc(OCc3cccc(C#N)c3)c2)n1. The van der Waals surface area contributed by atoms with Gasteiger partial charge in [0, 0.05) is 17.4 Å². The van der Waals surface area contributed by atoms with E-state index < -0.39 is 0 Å². The number of rotatable bonds is 6. The van der Waals surface area contributed by atoms with Crippen LogP contribution in [0.15, 0.2) is 54.6 Å². The zero-order valence-corrected chi connectivity index (χ0v) is 15.3. The van der Waals surface area contributed by atoms with Crippen molar-refractivity contribution in [3.8, 4) is 11.8 Å². The first-order valence-corrected chi connectivity index (χ1v) is 8.56. The summed E-state index contributed by atoms with van der Waals surface area (Å²) < 4.78 is 7.45. The van der Waals surface area contributed by atoms with E-state index in [4.69, 9.17) is 10.00 Å². The molecule has 0 bridgehead atoms. The van der Waals surface area contributed by atoms with Gasteiger partial charge in [-0.25, -0.2) is 0 Å². The number of benzene rings is 2. The second kappa shape index (κ2) is 8.19. The fourth-order valence-corrected chi connectivity index (χ4v) is 2.73. The number of ether oxygens (including phenoxy) is 1. The highest BCUT2D eigenvalue weighted by molar-refractivity contribution is 5.90. The Bertz CT molecular complexity index is 1000. The van der Waals surface area contributed by atoms with Crippen LogP contribution >= 0.6 is 0 Å². The molecule has 3 rings (SSSR count). The molecule has 0 saturated carbocycles. The van der Waals surface area contributed by atoms with Crippen LogP contribution in [-0.2, 0) is 17.9 Å². The number of hydrogen-bond acceptors (Lipinski definition) is 4. The predicted molar refractivity (Wildman–Crippen MR) is 102 cm³/mol. The molecule has 1 N–H and O–H groups in total. The number of aromatic nitrogens is 2. The van der Waals surface area contributed by atoms with Crippen molar-refractivity contribution in [2.75, 3.05) is 5.32 Å². The minimum absolute atomic E-state index is 0.153. The van der Waals surface area contributed by atoms with Gasteiger partial charge in [0.15, 0.2) is 0 Å². The van der Waals surface area contributed by atoms with Crippen molar-refractivity contribution in [2.24, 2.45) is 0 Å². The van der Waals surface area contributed by atoms with E-state index in [1.54, 1.807) is 22.9 Å². The number of nitrogens with one attached hydrogen (secondary N) is 1. The van der Waals surface area contributed by atoms with Gasteiger partial charge in [-0.05, 0) is 49.7 Å². The van der Waals surface area contributed by atoms with Gasteiger partial charge in [-0.1, -0.05) is 18.2 Å². The Morgan fingerprint density at radius 1 is 1.19 bits per heavy atom. The second-order valence-electron chi connectivity index (χ2n) is 6.26. The molecule has 6 heteroatoms. The maximum atomic E-state index is 12.3. The lowest BCUT2D eigenvalue weighted by Crippen LogP contribution is -2.20. The van der Waals surface area contributed by atoms with Gasteiger partial charge in [0.25, 0.3) is 0 Å². The quantitative estimate of drug-likeness (QED) is 0.728. The summed E-state index contributed by atoms with van der Waals surface area (Å²) in [7, 11) is 0. The monoisotopic (exact) mass is 360 g/mol. The van der Waals surface area contributed by atoms with Crippen LogP contribution in [0, 0.1) is 25.2 Å². The zero-order valence-electron chi connectivity index (χ0n) is 15.3. The van der Waals surface area contributed by atoms with Crippen molar-refractivity contribution in [3.63, 3.8) is 0 Å². The number of amides is 1. The fraction of sp³-hybridized carbons (Fsp3) is 0.190. The van der Waals surface area contributed by atoms with Gasteiger partial charge in [-0.2, -0.15) is 10.4 Å². The zero-order chi connectivity index (χ0) is 19.2. The van der Waals surface area contributed by atoms with E-state index in [1.807, 2.05) is 50.2 Å². The molecule has 0 aliphatic carbocycles. The van der Waals surface area contributed by atoms with Crippen LogP contribution < -0.4 is 10.1 Å². The predicted octanol–water partition coefficient (Wildman–Crippen LogP) is 3.59. The normalized spacial score (nSPS) is 10.3. The van der Waals surface area contributed by atoms with E-state index in [-0.39, 0.29) is 12.5 Å². The largest absolute Gasteiger partial charge is 0.489 e. The van der Waals surface area contributed by atoms with Crippen molar-refractivity contribution < 1.29 is 9.53 Å². The average Bonchev–Trinajstić information content (AvgIpc) is 2.97. The van der Waals surface area contributed by atoms with E-state index in [0.29, 0.717) is 23.6 Å². The smallest absolute Gasteiger partial charge is 0.246 e. The van der Waals surface area contributed by atoms with Gasteiger partial charge >= 0.3 is 0 Å². The number of nitrogens with zero attached hydrogens (tertiary/aromatic N) is 3. The molecule has 1 heterocycles. The molecule has 0 aliphatic rings. The van der Waals surface area contributed by atoms with Crippen LogP contribution in [0.4, 0.5) is 5.69 Å². The molecule has 27 heavy (non-hydrogen) atoms. The third-order valence-electron chi connectivity index (χ3n) is 3.98. The summed E-state index contributed by atoms with van der Waals surface area (Å²) in [5.74, 6) is 0.487. The molecule has 1 aromatic heterocycles. The number of carbonyl (C=O) groups excluding carboxylic acids is 1. The van der Waals surface area contributed by atoms with Crippen molar-refractivity contribution in [2.45, 2.75) is 27.0 Å².